The van der Waals surface area contributed by atoms with E-state index in [0.29, 0.717) is 11.3 Å². The third-order valence-corrected chi connectivity index (χ3v) is 6.35. The molecule has 0 fully saturated rings. The zero-order valence-corrected chi connectivity index (χ0v) is 15.7. The average molecular weight is 399 g/mol. The van der Waals surface area contributed by atoms with E-state index in [0.717, 1.165) is 30.0 Å². The van der Waals surface area contributed by atoms with Gasteiger partial charge < -0.3 is 4.74 Å². The lowest BCUT2D eigenvalue weighted by molar-refractivity contribution is -0.134. The van der Waals surface area contributed by atoms with Gasteiger partial charge in [-0.2, -0.15) is 10.4 Å². The molecule has 2 heterocycles. The molecule has 28 heavy (non-hydrogen) atoms. The lowest BCUT2D eigenvalue weighted by Gasteiger charge is -2.44. The molecule has 2 aromatic rings. The Kier molecular flexibility index (Phi) is 4.55. The number of ether oxygens (including phenoxy) is 1. The zero-order valence-electron chi connectivity index (χ0n) is 14.9. The molecule has 4 rings (SSSR count). The van der Waals surface area contributed by atoms with Crippen LogP contribution in [0.3, 0.4) is 0 Å². The van der Waals surface area contributed by atoms with E-state index in [2.05, 4.69) is 11.2 Å². The highest BCUT2D eigenvalue weighted by atomic mass is 32.2. The van der Waals surface area contributed by atoms with Crippen molar-refractivity contribution in [3.8, 4) is 11.8 Å². The van der Waals surface area contributed by atoms with Crippen molar-refractivity contribution in [3.63, 3.8) is 0 Å². The molecule has 5 nitrogen and oxygen atoms in total. The van der Waals surface area contributed by atoms with Crippen LogP contribution in [-0.4, -0.2) is 22.6 Å². The SMILES string of the molecule is CC(=O)N1N=C(c2cc(F)ccc2F)S[C@@]12c1ccccc1OC[C@@H]2CC#N. The minimum Gasteiger partial charge on any atom is -0.493 e. The van der Waals surface area contributed by atoms with Gasteiger partial charge in [-0.05, 0) is 24.3 Å². The van der Waals surface area contributed by atoms with Crippen molar-refractivity contribution >= 4 is 22.7 Å². The van der Waals surface area contributed by atoms with E-state index in [1.165, 1.54) is 11.9 Å². The molecule has 0 radical (unpaired) electrons. The third kappa shape index (κ3) is 2.74. The number of rotatable bonds is 2. The number of para-hydroxylation sites is 1. The van der Waals surface area contributed by atoms with Gasteiger partial charge in [0.2, 0.25) is 5.91 Å². The summed E-state index contributed by atoms with van der Waals surface area (Å²) in [6.07, 6.45) is 0.111. The lowest BCUT2D eigenvalue weighted by atomic mass is 9.87. The van der Waals surface area contributed by atoms with Crippen LogP contribution in [-0.2, 0) is 9.67 Å². The predicted molar refractivity (Wildman–Crippen MR) is 100 cm³/mol. The van der Waals surface area contributed by atoms with Gasteiger partial charge in [-0.1, -0.05) is 30.0 Å². The van der Waals surface area contributed by atoms with Crippen LogP contribution >= 0.6 is 11.8 Å². The molecule has 8 heteroatoms. The Bertz CT molecular complexity index is 1040. The Balaban J connectivity index is 1.91. The number of thioether (sulfide) groups is 1. The summed E-state index contributed by atoms with van der Waals surface area (Å²) < 4.78 is 34.0. The molecular formula is C20H15F2N3O2S. The molecular weight excluding hydrogens is 384 g/mol. The average Bonchev–Trinajstić information content (AvgIpc) is 3.08. The molecule has 2 aromatic carbocycles. The van der Waals surface area contributed by atoms with Crippen LogP contribution in [0.15, 0.2) is 47.6 Å². The summed E-state index contributed by atoms with van der Waals surface area (Å²) in [6.45, 7) is 1.56. The number of carbonyl (C=O) groups is 1. The molecule has 0 unspecified atom stereocenters. The summed E-state index contributed by atoms with van der Waals surface area (Å²) in [7, 11) is 0. The highest BCUT2D eigenvalue weighted by Crippen LogP contribution is 2.57. The molecule has 2 atom stereocenters. The highest BCUT2D eigenvalue weighted by molar-refractivity contribution is 8.15. The maximum Gasteiger partial charge on any atom is 0.241 e. The first-order valence-electron chi connectivity index (χ1n) is 8.60. The van der Waals surface area contributed by atoms with Crippen molar-refractivity contribution in [2.75, 3.05) is 6.61 Å². The Morgan fingerprint density at radius 3 is 2.93 bits per heavy atom. The summed E-state index contributed by atoms with van der Waals surface area (Å²) in [5, 5.41) is 15.2. The fraction of sp³-hybridized carbons (Fsp3) is 0.250. The number of halogens is 2. The van der Waals surface area contributed by atoms with Crippen LogP contribution in [0.1, 0.15) is 24.5 Å². The Morgan fingerprint density at radius 2 is 2.18 bits per heavy atom. The number of nitrogens with zero attached hydrogens (tertiary/aromatic N) is 3. The molecule has 0 N–H and O–H groups in total. The number of benzene rings is 2. The van der Waals surface area contributed by atoms with Crippen molar-refractivity contribution in [2.24, 2.45) is 11.0 Å². The normalized spacial score (nSPS) is 23.0. The number of carbonyl (C=O) groups excluding carboxylic acids is 1. The molecule has 1 amide bonds. The van der Waals surface area contributed by atoms with Crippen LogP contribution < -0.4 is 4.74 Å². The molecule has 0 saturated carbocycles. The molecule has 2 aliphatic rings. The second kappa shape index (κ2) is 6.91. The van der Waals surface area contributed by atoms with Crippen molar-refractivity contribution in [1.82, 2.24) is 5.01 Å². The smallest absolute Gasteiger partial charge is 0.241 e. The number of nitriles is 1. The predicted octanol–water partition coefficient (Wildman–Crippen LogP) is 4.00. The molecule has 142 valence electrons. The van der Waals surface area contributed by atoms with E-state index in [1.54, 1.807) is 12.1 Å². The van der Waals surface area contributed by atoms with E-state index in [4.69, 9.17) is 4.74 Å². The van der Waals surface area contributed by atoms with E-state index < -0.39 is 22.4 Å². The van der Waals surface area contributed by atoms with E-state index >= 15 is 0 Å². The van der Waals surface area contributed by atoms with Gasteiger partial charge in [0.1, 0.15) is 22.4 Å². The van der Waals surface area contributed by atoms with Crippen LogP contribution in [0.5, 0.6) is 5.75 Å². The van der Waals surface area contributed by atoms with Crippen molar-refractivity contribution < 1.29 is 18.3 Å². The summed E-state index contributed by atoms with van der Waals surface area (Å²) in [4.78, 5) is 11.5. The number of hydrogen-bond donors (Lipinski definition) is 0. The quantitative estimate of drug-likeness (QED) is 0.766. The first kappa shape index (κ1) is 18.4. The number of hydrazone groups is 1. The standard InChI is InChI=1S/C20H15F2N3O2S/c1-12(26)25-20(28-19(24-25)15-10-14(21)6-7-17(15)22)13(8-9-23)11-27-18-5-3-2-4-16(18)20/h2-7,10,13H,8,11H2,1H3/t13-,20-/m0/s1. The van der Waals surface area contributed by atoms with E-state index in [1.807, 2.05) is 12.1 Å². The zero-order chi connectivity index (χ0) is 19.9. The van der Waals surface area contributed by atoms with Crippen LogP contribution in [0.25, 0.3) is 0 Å². The molecule has 1 spiro atoms. The molecule has 0 bridgehead atoms. The molecule has 0 aromatic heterocycles. The minimum absolute atomic E-state index is 0.0206. The highest BCUT2D eigenvalue weighted by Gasteiger charge is 2.56. The van der Waals surface area contributed by atoms with Gasteiger partial charge in [0.25, 0.3) is 0 Å². The van der Waals surface area contributed by atoms with Crippen molar-refractivity contribution in [3.05, 3.63) is 65.2 Å². The molecule has 0 saturated heterocycles. The Hall–Kier alpha value is -2.92. The van der Waals surface area contributed by atoms with Gasteiger partial charge in [-0.3, -0.25) is 4.79 Å². The first-order chi connectivity index (χ1) is 13.5. The monoisotopic (exact) mass is 399 g/mol. The second-order valence-electron chi connectivity index (χ2n) is 6.52. The topological polar surface area (TPSA) is 65.7 Å². The number of hydrogen-bond acceptors (Lipinski definition) is 5. The maximum absolute atomic E-state index is 14.4. The van der Waals surface area contributed by atoms with Crippen molar-refractivity contribution in [1.29, 1.82) is 5.26 Å². The Labute approximate surface area is 164 Å². The second-order valence-corrected chi connectivity index (χ2v) is 7.74. The number of fused-ring (bicyclic) bond motifs is 2. The summed E-state index contributed by atoms with van der Waals surface area (Å²) in [5.41, 5.74) is 0.657. The van der Waals surface area contributed by atoms with Gasteiger partial charge in [0.05, 0.1) is 12.7 Å². The van der Waals surface area contributed by atoms with Crippen LogP contribution in [0, 0.1) is 28.9 Å². The molecule has 2 aliphatic heterocycles. The number of amides is 1. The third-order valence-electron chi connectivity index (χ3n) is 4.82. The molecule has 0 aliphatic carbocycles. The summed E-state index contributed by atoms with van der Waals surface area (Å²) >= 11 is 1.15. The minimum atomic E-state index is -1.06. The van der Waals surface area contributed by atoms with Gasteiger partial charge in [0.15, 0.2) is 4.87 Å². The van der Waals surface area contributed by atoms with E-state index in [9.17, 15) is 18.8 Å². The largest absolute Gasteiger partial charge is 0.493 e. The van der Waals surface area contributed by atoms with Gasteiger partial charge in [-0.15, -0.1) is 0 Å². The maximum atomic E-state index is 14.4. The van der Waals surface area contributed by atoms with E-state index in [-0.39, 0.29) is 29.5 Å². The fourth-order valence-electron chi connectivity index (χ4n) is 3.60. The van der Waals surface area contributed by atoms with Gasteiger partial charge >= 0.3 is 0 Å². The van der Waals surface area contributed by atoms with Gasteiger partial charge in [-0.25, -0.2) is 13.8 Å². The first-order valence-corrected chi connectivity index (χ1v) is 9.42. The van der Waals surface area contributed by atoms with Gasteiger partial charge in [0, 0.05) is 30.4 Å². The van der Waals surface area contributed by atoms with Crippen LogP contribution in [0.4, 0.5) is 8.78 Å². The van der Waals surface area contributed by atoms with Crippen LogP contribution in [0.2, 0.25) is 0 Å². The summed E-state index contributed by atoms with van der Waals surface area (Å²) in [5.74, 6) is -1.42. The Morgan fingerprint density at radius 1 is 1.39 bits per heavy atom. The van der Waals surface area contributed by atoms with Crippen molar-refractivity contribution in [2.45, 2.75) is 18.2 Å². The fourth-order valence-corrected chi connectivity index (χ4v) is 5.13. The lowest BCUT2D eigenvalue weighted by Crippen LogP contribution is -2.50. The summed E-state index contributed by atoms with van der Waals surface area (Å²) in [6, 6.07) is 12.5.